The third kappa shape index (κ3) is 3.24. The summed E-state index contributed by atoms with van der Waals surface area (Å²) in [6.45, 7) is 3.35. The van der Waals surface area contributed by atoms with E-state index in [9.17, 15) is 18.8 Å². The summed E-state index contributed by atoms with van der Waals surface area (Å²) in [5.74, 6) is -1.92. The highest BCUT2D eigenvalue weighted by atomic mass is 19.1. The average Bonchev–Trinajstić information content (AvgIpc) is 3.17. The highest BCUT2D eigenvalue weighted by molar-refractivity contribution is 6.26. The number of carbonyl (C=O) groups excluding carboxylic acids is 3. The van der Waals surface area contributed by atoms with Crippen molar-refractivity contribution >= 4 is 29.1 Å². The monoisotopic (exact) mass is 395 g/mol. The minimum Gasteiger partial charge on any atom is -0.324 e. The van der Waals surface area contributed by atoms with Crippen molar-refractivity contribution in [3.63, 3.8) is 0 Å². The molecule has 1 saturated heterocycles. The van der Waals surface area contributed by atoms with E-state index in [2.05, 4.69) is 15.7 Å². The van der Waals surface area contributed by atoms with Crippen molar-refractivity contribution in [2.75, 3.05) is 16.8 Å². The van der Waals surface area contributed by atoms with Crippen molar-refractivity contribution in [1.29, 1.82) is 0 Å². The summed E-state index contributed by atoms with van der Waals surface area (Å²) in [7, 11) is 0. The second-order valence-electron chi connectivity index (χ2n) is 7.00. The number of fused-ring (bicyclic) bond motifs is 1. The molecule has 0 spiro atoms. The molecule has 9 heteroatoms. The lowest BCUT2D eigenvalue weighted by molar-refractivity contribution is -0.123. The van der Waals surface area contributed by atoms with Gasteiger partial charge >= 0.3 is 0 Å². The van der Waals surface area contributed by atoms with Gasteiger partial charge in [0.05, 0.1) is 5.69 Å². The molecule has 0 radical (unpaired) electrons. The van der Waals surface area contributed by atoms with Gasteiger partial charge in [-0.05, 0) is 43.2 Å². The van der Waals surface area contributed by atoms with Crippen LogP contribution >= 0.6 is 0 Å². The molecule has 1 N–H and O–H groups in total. The molecule has 1 fully saturated rings. The van der Waals surface area contributed by atoms with Crippen LogP contribution < -0.4 is 10.2 Å². The molecule has 4 rings (SSSR count). The SMILES string of the molecule is Cc1cccc(C)c1N1C(=O)C2N=NN(CC(=O)Nc3cccc(F)c3)C2C1=O. The van der Waals surface area contributed by atoms with Crippen LogP contribution in [-0.2, 0) is 14.4 Å². The van der Waals surface area contributed by atoms with Crippen LogP contribution in [0, 0.1) is 19.7 Å². The number of benzene rings is 2. The highest BCUT2D eigenvalue weighted by Crippen LogP contribution is 2.35. The van der Waals surface area contributed by atoms with Gasteiger partial charge in [0, 0.05) is 5.69 Å². The van der Waals surface area contributed by atoms with Crippen molar-refractivity contribution in [2.45, 2.75) is 25.9 Å². The van der Waals surface area contributed by atoms with E-state index in [-0.39, 0.29) is 12.2 Å². The molecule has 0 bridgehead atoms. The lowest BCUT2D eigenvalue weighted by Crippen LogP contribution is -2.43. The van der Waals surface area contributed by atoms with Gasteiger partial charge in [-0.3, -0.25) is 19.4 Å². The zero-order chi connectivity index (χ0) is 20.7. The van der Waals surface area contributed by atoms with E-state index >= 15 is 0 Å². The van der Waals surface area contributed by atoms with E-state index in [1.807, 2.05) is 32.0 Å². The van der Waals surface area contributed by atoms with Crippen molar-refractivity contribution in [3.8, 4) is 0 Å². The molecule has 2 heterocycles. The maximum absolute atomic E-state index is 13.3. The van der Waals surface area contributed by atoms with E-state index in [1.165, 1.54) is 23.2 Å². The van der Waals surface area contributed by atoms with Gasteiger partial charge in [0.25, 0.3) is 11.8 Å². The van der Waals surface area contributed by atoms with Gasteiger partial charge in [-0.25, -0.2) is 9.29 Å². The number of para-hydroxylation sites is 1. The van der Waals surface area contributed by atoms with Crippen LogP contribution in [0.25, 0.3) is 0 Å². The summed E-state index contributed by atoms with van der Waals surface area (Å²) in [5, 5.41) is 11.5. The van der Waals surface area contributed by atoms with Gasteiger partial charge in [0.2, 0.25) is 5.91 Å². The Labute approximate surface area is 166 Å². The number of amides is 3. The Kier molecular flexibility index (Phi) is 4.57. The fourth-order valence-corrected chi connectivity index (χ4v) is 3.65. The molecule has 29 heavy (non-hydrogen) atoms. The maximum Gasteiger partial charge on any atom is 0.263 e. The van der Waals surface area contributed by atoms with Gasteiger partial charge in [0.1, 0.15) is 12.4 Å². The molecule has 2 unspecified atom stereocenters. The molecule has 3 amide bonds. The summed E-state index contributed by atoms with van der Waals surface area (Å²) in [4.78, 5) is 39.4. The summed E-state index contributed by atoms with van der Waals surface area (Å²) in [6.07, 6.45) is 0. The summed E-state index contributed by atoms with van der Waals surface area (Å²) in [6, 6.07) is 9.00. The van der Waals surface area contributed by atoms with E-state index in [4.69, 9.17) is 0 Å². The molecule has 0 aliphatic carbocycles. The fraction of sp³-hybridized carbons (Fsp3) is 0.250. The number of anilines is 2. The Hall–Kier alpha value is -3.62. The Morgan fingerprint density at radius 3 is 2.48 bits per heavy atom. The molecular weight excluding hydrogens is 377 g/mol. The van der Waals surface area contributed by atoms with Crippen molar-refractivity contribution in [1.82, 2.24) is 5.01 Å². The predicted octanol–water partition coefficient (Wildman–Crippen LogP) is 2.37. The second-order valence-corrected chi connectivity index (χ2v) is 7.00. The number of aryl methyl sites for hydroxylation is 2. The summed E-state index contributed by atoms with van der Waals surface area (Å²) < 4.78 is 13.3. The minimum atomic E-state index is -0.983. The third-order valence-electron chi connectivity index (χ3n) is 4.93. The van der Waals surface area contributed by atoms with Crippen molar-refractivity contribution in [3.05, 3.63) is 59.4 Å². The Morgan fingerprint density at radius 2 is 1.79 bits per heavy atom. The van der Waals surface area contributed by atoms with Gasteiger partial charge in [0.15, 0.2) is 12.1 Å². The standard InChI is InChI=1S/C20H18FN5O3/c1-11-5-3-6-12(2)17(11)26-19(28)16-18(20(26)29)25(24-23-16)10-15(27)22-14-8-4-7-13(21)9-14/h3-9,16,18H,10H2,1-2H3,(H,22,27). The predicted molar refractivity (Wildman–Crippen MR) is 103 cm³/mol. The lowest BCUT2D eigenvalue weighted by Gasteiger charge is -2.22. The molecule has 2 atom stereocenters. The number of nitrogens with zero attached hydrogens (tertiary/aromatic N) is 4. The largest absolute Gasteiger partial charge is 0.324 e. The molecule has 2 aliphatic rings. The Bertz CT molecular complexity index is 1030. The lowest BCUT2D eigenvalue weighted by atomic mass is 10.1. The van der Waals surface area contributed by atoms with Crippen LogP contribution in [0.5, 0.6) is 0 Å². The molecule has 148 valence electrons. The normalized spacial score (nSPS) is 20.4. The minimum absolute atomic E-state index is 0.286. The quantitative estimate of drug-likeness (QED) is 0.804. The smallest absolute Gasteiger partial charge is 0.263 e. The van der Waals surface area contributed by atoms with E-state index < -0.39 is 35.6 Å². The van der Waals surface area contributed by atoms with Crippen LogP contribution in [0.15, 0.2) is 52.8 Å². The van der Waals surface area contributed by atoms with E-state index in [0.29, 0.717) is 5.69 Å². The zero-order valence-electron chi connectivity index (χ0n) is 15.8. The van der Waals surface area contributed by atoms with Crippen LogP contribution in [0.4, 0.5) is 15.8 Å². The van der Waals surface area contributed by atoms with Crippen LogP contribution in [0.2, 0.25) is 0 Å². The number of rotatable bonds is 4. The van der Waals surface area contributed by atoms with Crippen LogP contribution in [0.1, 0.15) is 11.1 Å². The molecule has 0 aromatic heterocycles. The Morgan fingerprint density at radius 1 is 1.10 bits per heavy atom. The average molecular weight is 395 g/mol. The highest BCUT2D eigenvalue weighted by Gasteiger charge is 2.55. The van der Waals surface area contributed by atoms with E-state index in [1.54, 1.807) is 6.07 Å². The summed E-state index contributed by atoms with van der Waals surface area (Å²) >= 11 is 0. The number of halogens is 1. The van der Waals surface area contributed by atoms with Crippen LogP contribution in [0.3, 0.4) is 0 Å². The number of carbonyl (C=O) groups is 3. The van der Waals surface area contributed by atoms with Gasteiger partial charge in [-0.1, -0.05) is 29.5 Å². The van der Waals surface area contributed by atoms with Gasteiger partial charge in [-0.2, -0.15) is 5.11 Å². The molecule has 2 aromatic rings. The maximum atomic E-state index is 13.3. The zero-order valence-corrected chi connectivity index (χ0v) is 15.8. The first kappa shape index (κ1) is 18.7. The second kappa shape index (κ2) is 7.08. The van der Waals surface area contributed by atoms with Crippen molar-refractivity contribution in [2.24, 2.45) is 10.3 Å². The van der Waals surface area contributed by atoms with E-state index in [0.717, 1.165) is 16.0 Å². The fourth-order valence-electron chi connectivity index (χ4n) is 3.65. The number of nitrogens with one attached hydrogen (secondary N) is 1. The molecular formula is C20H18FN5O3. The van der Waals surface area contributed by atoms with Crippen molar-refractivity contribution < 1.29 is 18.8 Å². The molecule has 2 aliphatic heterocycles. The third-order valence-corrected chi connectivity index (χ3v) is 4.93. The first-order valence-corrected chi connectivity index (χ1v) is 9.03. The first-order valence-electron chi connectivity index (χ1n) is 9.03. The van der Waals surface area contributed by atoms with Gasteiger partial charge in [-0.15, -0.1) is 0 Å². The van der Waals surface area contributed by atoms with Crippen LogP contribution in [-0.4, -0.2) is 41.4 Å². The Balaban J connectivity index is 1.53. The molecule has 2 aromatic carbocycles. The van der Waals surface area contributed by atoms with Gasteiger partial charge < -0.3 is 5.32 Å². The first-order chi connectivity index (χ1) is 13.9. The topological polar surface area (TPSA) is 94.4 Å². The molecule has 8 nitrogen and oxygen atoms in total. The molecule has 0 saturated carbocycles. The number of hydrogen-bond acceptors (Lipinski definition) is 6. The number of imide groups is 1. The summed E-state index contributed by atoms with van der Waals surface area (Å²) in [5.41, 5.74) is 2.41. The number of hydrogen-bond donors (Lipinski definition) is 1.